The molecule has 0 aliphatic heterocycles. The molecule has 0 saturated heterocycles. The van der Waals surface area contributed by atoms with Crippen molar-refractivity contribution in [3.8, 4) is 5.75 Å². The highest BCUT2D eigenvalue weighted by atomic mass is 16.5. The van der Waals surface area contributed by atoms with E-state index in [-0.39, 0.29) is 17.4 Å². The molecule has 0 fully saturated rings. The van der Waals surface area contributed by atoms with E-state index in [9.17, 15) is 9.59 Å². The van der Waals surface area contributed by atoms with Crippen LogP contribution in [0.1, 0.15) is 13.1 Å². The van der Waals surface area contributed by atoms with Gasteiger partial charge in [-0.15, -0.1) is 0 Å². The van der Waals surface area contributed by atoms with Crippen molar-refractivity contribution >= 4 is 10.9 Å². The summed E-state index contributed by atoms with van der Waals surface area (Å²) < 4.78 is 7.77. The van der Waals surface area contributed by atoms with Crippen LogP contribution in [0.4, 0.5) is 0 Å². The molecule has 0 spiro atoms. The lowest BCUT2D eigenvalue weighted by Crippen LogP contribution is -2.44. The van der Waals surface area contributed by atoms with Gasteiger partial charge in [-0.05, 0) is 26.1 Å². The van der Waals surface area contributed by atoms with Gasteiger partial charge < -0.3 is 10.1 Å². The Morgan fingerprint density at radius 3 is 2.58 bits per heavy atom. The minimum absolute atomic E-state index is 0.303. The Hall–Kier alpha value is -2.08. The van der Waals surface area contributed by atoms with Gasteiger partial charge in [0.2, 0.25) is 0 Å². The molecule has 102 valence electrons. The first-order chi connectivity index (χ1) is 9.01. The lowest BCUT2D eigenvalue weighted by molar-refractivity contribution is 0.414. The van der Waals surface area contributed by atoms with Gasteiger partial charge in [0.25, 0.3) is 5.56 Å². The molecule has 0 aliphatic carbocycles. The zero-order chi connectivity index (χ0) is 14.2. The smallest absolute Gasteiger partial charge is 0.332 e. The van der Waals surface area contributed by atoms with Crippen LogP contribution in [0.3, 0.4) is 0 Å². The predicted octanol–water partition coefficient (Wildman–Crippen LogP) is 0.447. The normalized spacial score (nSPS) is 12.6. The van der Waals surface area contributed by atoms with E-state index < -0.39 is 0 Å². The third kappa shape index (κ3) is 2.04. The zero-order valence-corrected chi connectivity index (χ0v) is 11.4. The summed E-state index contributed by atoms with van der Waals surface area (Å²) in [7, 11) is 4.89. The van der Waals surface area contributed by atoms with Gasteiger partial charge in [0.05, 0.1) is 24.2 Å². The molecule has 1 aromatic heterocycles. The standard InChI is InChI=1S/C13H17N3O3/c1-8(14-2)16-12(17)10-6-5-9(19-4)7-11(10)15(3)13(16)18/h5-8,14H,1-4H3. The number of rotatable bonds is 3. The van der Waals surface area contributed by atoms with Crippen molar-refractivity contribution in [2.45, 2.75) is 13.1 Å². The highest BCUT2D eigenvalue weighted by Crippen LogP contribution is 2.16. The summed E-state index contributed by atoms with van der Waals surface area (Å²) in [5.41, 5.74) is -0.0934. The molecule has 2 aromatic rings. The number of nitrogens with one attached hydrogen (secondary N) is 1. The molecule has 19 heavy (non-hydrogen) atoms. The van der Waals surface area contributed by atoms with Crippen LogP contribution in [0.5, 0.6) is 5.75 Å². The maximum absolute atomic E-state index is 12.4. The van der Waals surface area contributed by atoms with Crippen LogP contribution >= 0.6 is 0 Å². The van der Waals surface area contributed by atoms with Crippen LogP contribution in [0.15, 0.2) is 27.8 Å². The van der Waals surface area contributed by atoms with E-state index in [0.717, 1.165) is 0 Å². The van der Waals surface area contributed by atoms with E-state index in [1.165, 1.54) is 9.13 Å². The summed E-state index contributed by atoms with van der Waals surface area (Å²) in [5, 5.41) is 3.39. The van der Waals surface area contributed by atoms with Crippen LogP contribution in [-0.2, 0) is 7.05 Å². The fraction of sp³-hybridized carbons (Fsp3) is 0.385. The molecule has 0 bridgehead atoms. The molecule has 1 N–H and O–H groups in total. The average molecular weight is 263 g/mol. The second kappa shape index (κ2) is 4.89. The quantitative estimate of drug-likeness (QED) is 0.873. The van der Waals surface area contributed by atoms with Gasteiger partial charge in [0.1, 0.15) is 5.75 Å². The van der Waals surface area contributed by atoms with Gasteiger partial charge in [-0.2, -0.15) is 0 Å². The predicted molar refractivity (Wildman–Crippen MR) is 73.8 cm³/mol. The maximum atomic E-state index is 12.4. The largest absolute Gasteiger partial charge is 0.497 e. The third-order valence-electron chi connectivity index (χ3n) is 3.31. The van der Waals surface area contributed by atoms with Crippen molar-refractivity contribution in [2.75, 3.05) is 14.2 Å². The average Bonchev–Trinajstić information content (AvgIpc) is 2.44. The van der Waals surface area contributed by atoms with Gasteiger partial charge in [0, 0.05) is 13.1 Å². The van der Waals surface area contributed by atoms with Crippen molar-refractivity contribution < 1.29 is 4.74 Å². The highest BCUT2D eigenvalue weighted by molar-refractivity contribution is 5.79. The van der Waals surface area contributed by atoms with E-state index in [0.29, 0.717) is 16.7 Å². The summed E-state index contributed by atoms with van der Waals surface area (Å²) >= 11 is 0. The third-order valence-corrected chi connectivity index (χ3v) is 3.31. The van der Waals surface area contributed by atoms with Crippen LogP contribution in [0, 0.1) is 0 Å². The van der Waals surface area contributed by atoms with Crippen LogP contribution in [0.2, 0.25) is 0 Å². The summed E-state index contributed by atoms with van der Waals surface area (Å²) in [6.45, 7) is 1.76. The molecule has 6 heteroatoms. The van der Waals surface area contributed by atoms with Crippen molar-refractivity contribution in [3.63, 3.8) is 0 Å². The van der Waals surface area contributed by atoms with Gasteiger partial charge in [0.15, 0.2) is 0 Å². The minimum Gasteiger partial charge on any atom is -0.497 e. The number of benzene rings is 1. The van der Waals surface area contributed by atoms with Crippen LogP contribution in [-0.4, -0.2) is 23.3 Å². The number of ether oxygens (including phenoxy) is 1. The Morgan fingerprint density at radius 1 is 1.32 bits per heavy atom. The molecule has 0 amide bonds. The van der Waals surface area contributed by atoms with E-state index in [4.69, 9.17) is 4.74 Å². The van der Waals surface area contributed by atoms with Crippen LogP contribution < -0.4 is 21.3 Å². The first-order valence-corrected chi connectivity index (χ1v) is 5.97. The first-order valence-electron chi connectivity index (χ1n) is 5.97. The second-order valence-electron chi connectivity index (χ2n) is 4.36. The van der Waals surface area contributed by atoms with E-state index in [1.54, 1.807) is 46.3 Å². The molecule has 0 saturated carbocycles. The molecule has 6 nitrogen and oxygen atoms in total. The fourth-order valence-electron chi connectivity index (χ4n) is 2.05. The van der Waals surface area contributed by atoms with E-state index >= 15 is 0 Å². The summed E-state index contributed by atoms with van der Waals surface area (Å²) in [5.74, 6) is 0.612. The molecule has 1 atom stereocenters. The summed E-state index contributed by atoms with van der Waals surface area (Å²) in [6.07, 6.45) is -0.363. The summed E-state index contributed by atoms with van der Waals surface area (Å²) in [4.78, 5) is 24.6. The second-order valence-corrected chi connectivity index (χ2v) is 4.36. The minimum atomic E-state index is -0.363. The topological polar surface area (TPSA) is 65.3 Å². The number of hydrogen-bond donors (Lipinski definition) is 1. The fourth-order valence-corrected chi connectivity index (χ4v) is 2.05. The van der Waals surface area contributed by atoms with Gasteiger partial charge >= 0.3 is 5.69 Å². The number of fused-ring (bicyclic) bond motifs is 1. The first kappa shape index (κ1) is 13.4. The molecule has 1 aromatic carbocycles. The van der Waals surface area contributed by atoms with Gasteiger partial charge in [-0.1, -0.05) is 0 Å². The van der Waals surface area contributed by atoms with Crippen molar-refractivity contribution in [2.24, 2.45) is 7.05 Å². The number of nitrogens with zero attached hydrogens (tertiary/aromatic N) is 2. The molecular formula is C13H17N3O3. The molecular weight excluding hydrogens is 246 g/mol. The van der Waals surface area contributed by atoms with Crippen LogP contribution in [0.25, 0.3) is 10.9 Å². The highest BCUT2D eigenvalue weighted by Gasteiger charge is 2.14. The number of aryl methyl sites for hydroxylation is 1. The van der Waals surface area contributed by atoms with Gasteiger partial charge in [-0.25, -0.2) is 9.36 Å². The van der Waals surface area contributed by atoms with Crippen molar-refractivity contribution in [1.82, 2.24) is 14.5 Å². The SMILES string of the molecule is CNC(C)n1c(=O)c2ccc(OC)cc2n(C)c1=O. The van der Waals surface area contributed by atoms with Gasteiger partial charge in [-0.3, -0.25) is 9.36 Å². The summed E-state index contributed by atoms with van der Waals surface area (Å²) in [6, 6.07) is 5.07. The van der Waals surface area contributed by atoms with E-state index in [2.05, 4.69) is 5.32 Å². The Morgan fingerprint density at radius 2 is 2.00 bits per heavy atom. The van der Waals surface area contributed by atoms with E-state index in [1.807, 2.05) is 0 Å². The molecule has 1 unspecified atom stereocenters. The lowest BCUT2D eigenvalue weighted by Gasteiger charge is -2.16. The Bertz CT molecular complexity index is 730. The van der Waals surface area contributed by atoms with Crippen molar-refractivity contribution in [3.05, 3.63) is 39.0 Å². The molecule has 0 radical (unpaired) electrons. The Kier molecular flexibility index (Phi) is 3.44. The number of hydrogen-bond acceptors (Lipinski definition) is 4. The van der Waals surface area contributed by atoms with Crippen molar-refractivity contribution in [1.29, 1.82) is 0 Å². The maximum Gasteiger partial charge on any atom is 0.332 e. The lowest BCUT2D eigenvalue weighted by atomic mass is 10.2. The Labute approximate surface area is 110 Å². The number of aromatic nitrogens is 2. The molecule has 1 heterocycles. The molecule has 0 aliphatic rings. The Balaban J connectivity index is 2.91. The molecule has 2 rings (SSSR count). The monoisotopic (exact) mass is 263 g/mol. The number of methoxy groups -OCH3 is 1. The zero-order valence-electron chi connectivity index (χ0n) is 11.4.